The Labute approximate surface area is 192 Å². The van der Waals surface area contributed by atoms with Gasteiger partial charge in [-0.1, -0.05) is 12.1 Å². The quantitative estimate of drug-likeness (QED) is 0.225. The molecule has 0 saturated carbocycles. The fourth-order valence-corrected chi connectivity index (χ4v) is 3.75. The Bertz CT molecular complexity index is 718. The fourth-order valence-electron chi connectivity index (χ4n) is 3.12. The Morgan fingerprint density at radius 3 is 2.41 bits per heavy atom. The van der Waals surface area contributed by atoms with E-state index in [0.29, 0.717) is 17.5 Å². The molecular weight excluding hydrogens is 505 g/mol. The van der Waals surface area contributed by atoms with E-state index in [9.17, 15) is 8.42 Å². The predicted molar refractivity (Wildman–Crippen MR) is 127 cm³/mol. The highest BCUT2D eigenvalue weighted by Gasteiger charge is 2.21. The second-order valence-electron chi connectivity index (χ2n) is 6.99. The molecule has 1 N–H and O–H groups in total. The highest BCUT2D eigenvalue weighted by molar-refractivity contribution is 14.0. The Kier molecular flexibility index (Phi) is 12.1. The number of nitrogens with one attached hydrogen (secondary N) is 1. The van der Waals surface area contributed by atoms with Crippen LogP contribution in [0.4, 0.5) is 0 Å². The van der Waals surface area contributed by atoms with E-state index in [0.717, 1.165) is 63.6 Å². The van der Waals surface area contributed by atoms with E-state index in [-0.39, 0.29) is 24.0 Å². The van der Waals surface area contributed by atoms with Crippen LogP contribution in [0.1, 0.15) is 31.7 Å². The molecule has 9 heteroatoms. The average molecular weight is 539 g/mol. The van der Waals surface area contributed by atoms with Crippen LogP contribution in [0, 0.1) is 0 Å². The molecule has 1 fully saturated rings. The van der Waals surface area contributed by atoms with Gasteiger partial charge in [0.25, 0.3) is 0 Å². The van der Waals surface area contributed by atoms with Gasteiger partial charge < -0.3 is 19.7 Å². The summed E-state index contributed by atoms with van der Waals surface area (Å²) in [5.41, 5.74) is 0.985. The molecule has 0 bridgehead atoms. The van der Waals surface area contributed by atoms with Crippen molar-refractivity contribution in [2.75, 3.05) is 46.2 Å². The molecule has 29 heavy (non-hydrogen) atoms. The molecule has 0 aliphatic carbocycles. The zero-order chi connectivity index (χ0) is 20.4. The van der Waals surface area contributed by atoms with Gasteiger partial charge in [-0.05, 0) is 43.9 Å². The monoisotopic (exact) mass is 539 g/mol. The third kappa shape index (κ3) is 9.18. The van der Waals surface area contributed by atoms with Gasteiger partial charge in [0.2, 0.25) is 0 Å². The summed E-state index contributed by atoms with van der Waals surface area (Å²) >= 11 is 0. The molecule has 2 rings (SSSR count). The molecule has 1 heterocycles. The zero-order valence-corrected chi connectivity index (χ0v) is 20.7. The van der Waals surface area contributed by atoms with Crippen LogP contribution in [0.15, 0.2) is 34.2 Å². The third-order valence-electron chi connectivity index (χ3n) is 4.69. The van der Waals surface area contributed by atoms with Crippen LogP contribution >= 0.6 is 24.0 Å². The molecule has 1 aromatic carbocycles. The molecule has 1 saturated heterocycles. The Hall–Kier alpha value is -0.910. The maximum Gasteiger partial charge on any atom is 0.194 e. The van der Waals surface area contributed by atoms with Crippen LogP contribution in [0.25, 0.3) is 0 Å². The minimum atomic E-state index is -3.17. The molecule has 0 aromatic heterocycles. The van der Waals surface area contributed by atoms with Crippen molar-refractivity contribution in [2.24, 2.45) is 4.99 Å². The number of halogens is 1. The first kappa shape index (κ1) is 26.1. The van der Waals surface area contributed by atoms with Crippen LogP contribution in [-0.4, -0.2) is 71.6 Å². The summed E-state index contributed by atoms with van der Waals surface area (Å²) in [5.74, 6) is 0.896. The molecule has 166 valence electrons. The first-order valence-electron chi connectivity index (χ1n) is 9.86. The summed E-state index contributed by atoms with van der Waals surface area (Å²) in [4.78, 5) is 7.34. The Morgan fingerprint density at radius 2 is 1.86 bits per heavy atom. The molecule has 0 unspecified atom stereocenters. The van der Waals surface area contributed by atoms with Gasteiger partial charge in [0.05, 0.1) is 17.5 Å². The second-order valence-corrected chi connectivity index (χ2v) is 9.01. The number of ether oxygens (including phenoxy) is 2. The van der Waals surface area contributed by atoms with Crippen molar-refractivity contribution in [1.82, 2.24) is 10.2 Å². The highest BCUT2D eigenvalue weighted by atomic mass is 127. The van der Waals surface area contributed by atoms with Crippen molar-refractivity contribution in [3.63, 3.8) is 0 Å². The lowest BCUT2D eigenvalue weighted by Gasteiger charge is -2.34. The van der Waals surface area contributed by atoms with Gasteiger partial charge >= 0.3 is 0 Å². The topological polar surface area (TPSA) is 80.2 Å². The van der Waals surface area contributed by atoms with E-state index in [1.54, 1.807) is 19.2 Å². The first-order valence-corrected chi connectivity index (χ1v) is 11.8. The lowest BCUT2D eigenvalue weighted by atomic mass is 10.1. The van der Waals surface area contributed by atoms with Gasteiger partial charge in [-0.2, -0.15) is 0 Å². The number of hydrogen-bond acceptors (Lipinski definition) is 5. The molecule has 1 aliphatic heterocycles. The minimum Gasteiger partial charge on any atom is -0.385 e. The Balaban J connectivity index is 0.00000420. The van der Waals surface area contributed by atoms with E-state index in [1.807, 2.05) is 12.1 Å². The molecule has 1 aliphatic rings. The average Bonchev–Trinajstić information content (AvgIpc) is 2.69. The number of nitrogens with zero attached hydrogens (tertiary/aromatic N) is 2. The maximum atomic E-state index is 11.6. The van der Waals surface area contributed by atoms with Crippen molar-refractivity contribution in [3.05, 3.63) is 29.8 Å². The van der Waals surface area contributed by atoms with E-state index in [4.69, 9.17) is 14.5 Å². The number of guanidine groups is 1. The number of aliphatic imine (C=N–C) groups is 1. The third-order valence-corrected chi connectivity index (χ3v) is 5.81. The summed E-state index contributed by atoms with van der Waals surface area (Å²) < 4.78 is 34.1. The van der Waals surface area contributed by atoms with Crippen LogP contribution in [0.2, 0.25) is 0 Å². The van der Waals surface area contributed by atoms with Gasteiger partial charge in [0, 0.05) is 46.2 Å². The first-order chi connectivity index (χ1) is 13.4. The zero-order valence-electron chi connectivity index (χ0n) is 17.6. The van der Waals surface area contributed by atoms with Crippen molar-refractivity contribution >= 4 is 39.8 Å². The van der Waals surface area contributed by atoms with Crippen LogP contribution < -0.4 is 5.32 Å². The SMILES string of the molecule is CCNC(=NCc1ccc(S(C)(=O)=O)cc1)N1CCC(OCCCOC)CC1.I. The second kappa shape index (κ2) is 13.4. The molecule has 7 nitrogen and oxygen atoms in total. The molecule has 0 amide bonds. The van der Waals surface area contributed by atoms with Crippen LogP contribution in [0.3, 0.4) is 0 Å². The number of benzene rings is 1. The van der Waals surface area contributed by atoms with E-state index < -0.39 is 9.84 Å². The number of hydrogen-bond donors (Lipinski definition) is 1. The summed E-state index contributed by atoms with van der Waals surface area (Å²) in [7, 11) is -1.46. The van der Waals surface area contributed by atoms with Crippen LogP contribution in [0.5, 0.6) is 0 Å². The van der Waals surface area contributed by atoms with Gasteiger partial charge in [0.1, 0.15) is 0 Å². The van der Waals surface area contributed by atoms with Crippen molar-refractivity contribution in [2.45, 2.75) is 43.7 Å². The smallest absolute Gasteiger partial charge is 0.194 e. The van der Waals surface area contributed by atoms with Crippen molar-refractivity contribution < 1.29 is 17.9 Å². The molecule has 0 spiro atoms. The van der Waals surface area contributed by atoms with Gasteiger partial charge in [-0.3, -0.25) is 0 Å². The Morgan fingerprint density at radius 1 is 1.21 bits per heavy atom. The van der Waals surface area contributed by atoms with Crippen molar-refractivity contribution in [1.29, 1.82) is 0 Å². The molecule has 0 radical (unpaired) electrons. The standard InChI is InChI=1S/C20H33N3O4S.HI/c1-4-21-20(22-16-17-6-8-19(9-7-17)28(3,24)25)23-12-10-18(11-13-23)27-15-5-14-26-2;/h6-9,18H,4-5,10-16H2,1-3H3,(H,21,22);1H. The number of piperidine rings is 1. The van der Waals surface area contributed by atoms with E-state index >= 15 is 0 Å². The normalized spacial score (nSPS) is 15.8. The summed E-state index contributed by atoms with van der Waals surface area (Å²) in [6, 6.07) is 6.92. The number of likely N-dealkylation sites (tertiary alicyclic amines) is 1. The predicted octanol–water partition coefficient (Wildman–Crippen LogP) is 2.69. The minimum absolute atomic E-state index is 0. The van der Waals surface area contributed by atoms with Crippen molar-refractivity contribution in [3.8, 4) is 0 Å². The highest BCUT2D eigenvalue weighted by Crippen LogP contribution is 2.15. The van der Waals surface area contributed by atoms with E-state index in [1.165, 1.54) is 6.26 Å². The molecular formula is C20H34IN3O4S. The largest absolute Gasteiger partial charge is 0.385 e. The van der Waals surface area contributed by atoms with Crippen LogP contribution in [-0.2, 0) is 25.9 Å². The lowest BCUT2D eigenvalue weighted by molar-refractivity contribution is 0.00990. The number of rotatable bonds is 9. The number of sulfone groups is 1. The molecule has 0 atom stereocenters. The summed E-state index contributed by atoms with van der Waals surface area (Å²) in [5, 5.41) is 3.36. The summed E-state index contributed by atoms with van der Waals surface area (Å²) in [6.45, 7) is 6.68. The van der Waals surface area contributed by atoms with E-state index in [2.05, 4.69) is 17.1 Å². The lowest BCUT2D eigenvalue weighted by Crippen LogP contribution is -2.47. The van der Waals surface area contributed by atoms with Gasteiger partial charge in [0.15, 0.2) is 15.8 Å². The number of methoxy groups -OCH3 is 1. The fraction of sp³-hybridized carbons (Fsp3) is 0.650. The van der Waals surface area contributed by atoms with Gasteiger partial charge in [-0.15, -0.1) is 24.0 Å². The molecule has 1 aromatic rings. The maximum absolute atomic E-state index is 11.6. The van der Waals surface area contributed by atoms with Gasteiger partial charge in [-0.25, -0.2) is 13.4 Å². The summed E-state index contributed by atoms with van der Waals surface area (Å²) in [6.07, 6.45) is 4.42.